The van der Waals surface area contributed by atoms with Gasteiger partial charge < -0.3 is 20.8 Å². The van der Waals surface area contributed by atoms with E-state index in [1.165, 1.54) is 22.0 Å². The number of nitrogens with zero attached hydrogens (tertiary/aromatic N) is 1. The summed E-state index contributed by atoms with van der Waals surface area (Å²) in [6.07, 6.45) is 3.05. The Hall–Kier alpha value is -2.95. The van der Waals surface area contributed by atoms with Crippen molar-refractivity contribution in [3.05, 3.63) is 59.8 Å². The minimum absolute atomic E-state index is 0.161. The number of rotatable bonds is 6. The molecule has 136 valence electrons. The van der Waals surface area contributed by atoms with Crippen LogP contribution in [0.1, 0.15) is 25.0 Å². The predicted molar refractivity (Wildman–Crippen MR) is 109 cm³/mol. The van der Waals surface area contributed by atoms with Gasteiger partial charge in [0.25, 0.3) is 0 Å². The molecule has 3 rings (SSSR count). The molecule has 26 heavy (non-hydrogen) atoms. The van der Waals surface area contributed by atoms with Gasteiger partial charge in [-0.2, -0.15) is 0 Å². The van der Waals surface area contributed by atoms with Gasteiger partial charge in [0, 0.05) is 29.3 Å². The minimum Gasteiger partial charge on any atom is -0.491 e. The van der Waals surface area contributed by atoms with Gasteiger partial charge in [-0.3, -0.25) is 4.99 Å². The summed E-state index contributed by atoms with van der Waals surface area (Å²) in [7, 11) is 0. The summed E-state index contributed by atoms with van der Waals surface area (Å²) in [4.78, 5) is 7.75. The number of nitrogens with two attached hydrogens (primary N) is 1. The SMILES string of the molecule is Cc1ccc2c(CCN=C(N)Nc3ccc(OC(C)C)cc3)c[nH]c2c1. The molecule has 0 aliphatic rings. The van der Waals surface area contributed by atoms with Crippen molar-refractivity contribution in [1.82, 2.24) is 4.98 Å². The number of aromatic amines is 1. The number of aliphatic imine (C=N–C) groups is 1. The second kappa shape index (κ2) is 7.95. The molecule has 0 saturated heterocycles. The van der Waals surface area contributed by atoms with Crippen LogP contribution >= 0.6 is 0 Å². The van der Waals surface area contributed by atoms with Crippen LogP contribution in [0, 0.1) is 6.92 Å². The van der Waals surface area contributed by atoms with Gasteiger partial charge in [0.15, 0.2) is 5.96 Å². The Bertz CT molecular complexity index is 894. The van der Waals surface area contributed by atoms with E-state index in [0.717, 1.165) is 17.9 Å². The molecule has 1 heterocycles. The first kappa shape index (κ1) is 17.9. The Labute approximate surface area is 154 Å². The number of aryl methyl sites for hydroxylation is 1. The number of nitrogens with one attached hydrogen (secondary N) is 2. The Morgan fingerprint density at radius 1 is 1.19 bits per heavy atom. The van der Waals surface area contributed by atoms with Crippen LogP contribution in [0.2, 0.25) is 0 Å². The van der Waals surface area contributed by atoms with E-state index >= 15 is 0 Å². The van der Waals surface area contributed by atoms with Gasteiger partial charge in [0.05, 0.1) is 6.10 Å². The summed E-state index contributed by atoms with van der Waals surface area (Å²) in [6.45, 7) is 6.74. The lowest BCUT2D eigenvalue weighted by molar-refractivity contribution is 0.242. The van der Waals surface area contributed by atoms with Crippen LogP contribution in [-0.4, -0.2) is 23.6 Å². The van der Waals surface area contributed by atoms with Crippen LogP contribution in [0.15, 0.2) is 53.7 Å². The van der Waals surface area contributed by atoms with Crippen molar-refractivity contribution in [2.24, 2.45) is 10.7 Å². The summed E-state index contributed by atoms with van der Waals surface area (Å²) < 4.78 is 5.63. The number of ether oxygens (including phenoxy) is 1. The third kappa shape index (κ3) is 4.57. The third-order valence-corrected chi connectivity index (χ3v) is 4.08. The topological polar surface area (TPSA) is 75.4 Å². The highest BCUT2D eigenvalue weighted by Gasteiger charge is 2.04. The number of guanidine groups is 1. The molecular weight excluding hydrogens is 324 g/mol. The summed E-state index contributed by atoms with van der Waals surface area (Å²) in [5.74, 6) is 1.26. The average Bonchev–Trinajstić information content (AvgIpc) is 2.98. The zero-order chi connectivity index (χ0) is 18.5. The molecule has 0 aliphatic carbocycles. The normalized spacial score (nSPS) is 11.9. The molecule has 0 amide bonds. The predicted octanol–water partition coefficient (Wildman–Crippen LogP) is 4.23. The molecule has 5 heteroatoms. The van der Waals surface area contributed by atoms with Crippen LogP contribution in [0.3, 0.4) is 0 Å². The highest BCUT2D eigenvalue weighted by atomic mass is 16.5. The Morgan fingerprint density at radius 3 is 2.69 bits per heavy atom. The minimum atomic E-state index is 0.161. The van der Waals surface area contributed by atoms with E-state index in [1.807, 2.05) is 38.1 Å². The van der Waals surface area contributed by atoms with E-state index in [1.54, 1.807) is 0 Å². The highest BCUT2D eigenvalue weighted by molar-refractivity contribution is 5.92. The molecule has 3 aromatic rings. The highest BCUT2D eigenvalue weighted by Crippen LogP contribution is 2.20. The number of anilines is 1. The van der Waals surface area contributed by atoms with Crippen molar-refractivity contribution in [3.63, 3.8) is 0 Å². The maximum absolute atomic E-state index is 6.00. The maximum atomic E-state index is 6.00. The molecule has 0 aliphatic heterocycles. The molecule has 0 fully saturated rings. The molecule has 1 aromatic heterocycles. The number of benzene rings is 2. The van der Waals surface area contributed by atoms with Gasteiger partial charge in [0.1, 0.15) is 5.75 Å². The van der Waals surface area contributed by atoms with Crippen LogP contribution < -0.4 is 15.8 Å². The first-order chi connectivity index (χ1) is 12.5. The van der Waals surface area contributed by atoms with Crippen molar-refractivity contribution in [2.45, 2.75) is 33.3 Å². The van der Waals surface area contributed by atoms with Gasteiger partial charge in [-0.1, -0.05) is 12.1 Å². The third-order valence-electron chi connectivity index (χ3n) is 4.08. The zero-order valence-electron chi connectivity index (χ0n) is 15.5. The smallest absolute Gasteiger partial charge is 0.193 e. The Kier molecular flexibility index (Phi) is 5.46. The van der Waals surface area contributed by atoms with Gasteiger partial charge >= 0.3 is 0 Å². The van der Waals surface area contributed by atoms with Crippen molar-refractivity contribution in [1.29, 1.82) is 0 Å². The quantitative estimate of drug-likeness (QED) is 0.460. The summed E-state index contributed by atoms with van der Waals surface area (Å²) in [6, 6.07) is 14.1. The van der Waals surface area contributed by atoms with Gasteiger partial charge in [-0.25, -0.2) is 0 Å². The number of H-pyrrole nitrogens is 1. The van der Waals surface area contributed by atoms with Crippen LogP contribution in [0.5, 0.6) is 5.75 Å². The second-order valence-electron chi connectivity index (χ2n) is 6.70. The number of hydrogen-bond acceptors (Lipinski definition) is 2. The van der Waals surface area contributed by atoms with Crippen molar-refractivity contribution in [2.75, 3.05) is 11.9 Å². The van der Waals surface area contributed by atoms with Crippen LogP contribution in [0.25, 0.3) is 10.9 Å². The first-order valence-corrected chi connectivity index (χ1v) is 8.91. The lowest BCUT2D eigenvalue weighted by Crippen LogP contribution is -2.23. The summed E-state index contributed by atoms with van der Waals surface area (Å²) in [5, 5.41) is 4.36. The van der Waals surface area contributed by atoms with Gasteiger partial charge in [-0.05, 0) is 68.7 Å². The molecule has 0 saturated carbocycles. The van der Waals surface area contributed by atoms with Crippen LogP contribution in [-0.2, 0) is 6.42 Å². The Balaban J connectivity index is 1.56. The monoisotopic (exact) mass is 350 g/mol. The average molecular weight is 350 g/mol. The van der Waals surface area contributed by atoms with Crippen molar-refractivity contribution >= 4 is 22.5 Å². The van der Waals surface area contributed by atoms with Crippen molar-refractivity contribution < 1.29 is 4.74 Å². The second-order valence-corrected chi connectivity index (χ2v) is 6.70. The van der Waals surface area contributed by atoms with E-state index in [2.05, 4.69) is 46.6 Å². The summed E-state index contributed by atoms with van der Waals surface area (Å²) in [5.41, 5.74) is 10.6. The largest absolute Gasteiger partial charge is 0.491 e. The van der Waals surface area contributed by atoms with E-state index in [4.69, 9.17) is 10.5 Å². The molecule has 0 unspecified atom stereocenters. The fourth-order valence-electron chi connectivity index (χ4n) is 2.88. The van der Waals surface area contributed by atoms with E-state index in [-0.39, 0.29) is 6.10 Å². The molecular formula is C21H26N4O. The standard InChI is InChI=1S/C21H26N4O/c1-14(2)26-18-7-5-17(6-8-18)25-21(22)23-11-10-16-13-24-20-12-15(3)4-9-19(16)20/h4-9,12-14,24H,10-11H2,1-3H3,(H3,22,23,25). The van der Waals surface area contributed by atoms with Gasteiger partial charge in [-0.15, -0.1) is 0 Å². The Morgan fingerprint density at radius 2 is 1.96 bits per heavy atom. The number of hydrogen-bond donors (Lipinski definition) is 3. The van der Waals surface area contributed by atoms with E-state index in [0.29, 0.717) is 12.5 Å². The lowest BCUT2D eigenvalue weighted by atomic mass is 10.1. The van der Waals surface area contributed by atoms with Crippen LogP contribution in [0.4, 0.5) is 5.69 Å². The first-order valence-electron chi connectivity index (χ1n) is 8.91. The van der Waals surface area contributed by atoms with Gasteiger partial charge in [0.2, 0.25) is 0 Å². The fraction of sp³-hybridized carbons (Fsp3) is 0.286. The van der Waals surface area contributed by atoms with E-state index in [9.17, 15) is 0 Å². The molecule has 2 aromatic carbocycles. The molecule has 5 nitrogen and oxygen atoms in total. The molecule has 0 atom stereocenters. The molecule has 0 spiro atoms. The lowest BCUT2D eigenvalue weighted by Gasteiger charge is -2.10. The molecule has 0 bridgehead atoms. The zero-order valence-corrected chi connectivity index (χ0v) is 15.5. The fourth-order valence-corrected chi connectivity index (χ4v) is 2.88. The van der Waals surface area contributed by atoms with E-state index < -0.39 is 0 Å². The molecule has 4 N–H and O–H groups in total. The summed E-state index contributed by atoms with van der Waals surface area (Å²) >= 11 is 0. The number of aromatic nitrogens is 1. The maximum Gasteiger partial charge on any atom is 0.193 e. The molecule has 0 radical (unpaired) electrons. The van der Waals surface area contributed by atoms with Crippen molar-refractivity contribution in [3.8, 4) is 5.75 Å². The number of fused-ring (bicyclic) bond motifs is 1.